The number of pyridine rings is 1. The first-order valence-corrected chi connectivity index (χ1v) is 7.29. The molecule has 0 aromatic carbocycles. The Kier molecular flexibility index (Phi) is 6.82. The van der Waals surface area contributed by atoms with Crippen molar-refractivity contribution in [2.24, 2.45) is 0 Å². The maximum absolute atomic E-state index is 14.0. The van der Waals surface area contributed by atoms with Gasteiger partial charge in [0, 0.05) is 6.20 Å². The summed E-state index contributed by atoms with van der Waals surface area (Å²) in [7, 11) is 0. The third kappa shape index (κ3) is 5.35. The number of carbonyl (C=O) groups excluding carboxylic acids is 3. The minimum Gasteiger partial charge on any atom is -0.462 e. The summed E-state index contributed by atoms with van der Waals surface area (Å²) in [6, 6.07) is -1.26. The number of urea groups is 1. The highest BCUT2D eigenvalue weighted by atomic mass is 35.6. The van der Waals surface area contributed by atoms with Crippen LogP contribution in [0.25, 0.3) is 0 Å². The molecule has 0 radical (unpaired) electrons. The second-order valence-electron chi connectivity index (χ2n) is 3.78. The van der Waals surface area contributed by atoms with Crippen LogP contribution in [0, 0.1) is 5.82 Å². The smallest absolute Gasteiger partial charge is 0.341 e. The molecule has 126 valence electrons. The zero-order chi connectivity index (χ0) is 17.8. The Morgan fingerprint density at radius 1 is 1.35 bits per heavy atom. The number of nitrogens with zero attached hydrogens (tertiary/aromatic N) is 1. The number of ether oxygens (including phenoxy) is 1. The highest BCUT2D eigenvalue weighted by Gasteiger charge is 2.32. The van der Waals surface area contributed by atoms with Gasteiger partial charge < -0.3 is 10.1 Å². The Balaban J connectivity index is 3.07. The average molecular weight is 407 g/mol. The normalized spacial score (nSPS) is 10.9. The van der Waals surface area contributed by atoms with Crippen LogP contribution in [0.4, 0.5) is 14.9 Å². The Hall–Kier alpha value is -1.35. The predicted octanol–water partition coefficient (Wildman–Crippen LogP) is 3.07. The van der Waals surface area contributed by atoms with Crippen LogP contribution in [0.3, 0.4) is 0 Å². The maximum Gasteiger partial charge on any atom is 0.341 e. The van der Waals surface area contributed by atoms with Crippen molar-refractivity contribution in [3.8, 4) is 0 Å². The Bertz CT molecular complexity index is 651. The summed E-state index contributed by atoms with van der Waals surface area (Å²) in [5, 5.41) is 2.95. The van der Waals surface area contributed by atoms with Crippen LogP contribution >= 0.6 is 46.4 Å². The fourth-order valence-corrected chi connectivity index (χ4v) is 1.55. The molecule has 0 saturated carbocycles. The Morgan fingerprint density at radius 2 is 1.96 bits per heavy atom. The van der Waals surface area contributed by atoms with Gasteiger partial charge in [-0.3, -0.25) is 10.1 Å². The van der Waals surface area contributed by atoms with Gasteiger partial charge in [0.2, 0.25) is 0 Å². The summed E-state index contributed by atoms with van der Waals surface area (Å²) in [4.78, 5) is 38.2. The van der Waals surface area contributed by atoms with Gasteiger partial charge >= 0.3 is 12.0 Å². The second kappa shape index (κ2) is 7.96. The molecule has 7 nitrogen and oxygen atoms in total. The summed E-state index contributed by atoms with van der Waals surface area (Å²) >= 11 is 21.3. The van der Waals surface area contributed by atoms with Crippen molar-refractivity contribution in [1.29, 1.82) is 0 Å². The molecule has 0 spiro atoms. The molecule has 0 saturated heterocycles. The van der Waals surface area contributed by atoms with Gasteiger partial charge in [-0.05, 0) is 6.92 Å². The number of hydrogen-bond donors (Lipinski definition) is 2. The van der Waals surface area contributed by atoms with E-state index in [1.807, 2.05) is 5.32 Å². The van der Waals surface area contributed by atoms with Crippen molar-refractivity contribution < 1.29 is 23.5 Å². The van der Waals surface area contributed by atoms with E-state index in [4.69, 9.17) is 46.4 Å². The van der Waals surface area contributed by atoms with Gasteiger partial charge in [-0.15, -0.1) is 0 Å². The molecular formula is C11H8Cl4FN3O4. The number of esters is 1. The Morgan fingerprint density at radius 3 is 2.48 bits per heavy atom. The summed E-state index contributed by atoms with van der Waals surface area (Å²) in [5.41, 5.74) is -1.05. The highest BCUT2D eigenvalue weighted by Crippen LogP contribution is 2.27. The zero-order valence-electron chi connectivity index (χ0n) is 11.3. The van der Waals surface area contributed by atoms with E-state index in [9.17, 15) is 18.8 Å². The van der Waals surface area contributed by atoms with Crippen molar-refractivity contribution in [3.05, 3.63) is 22.7 Å². The number of nitrogens with one attached hydrogen (secondary N) is 2. The molecule has 12 heteroatoms. The third-order valence-corrected chi connectivity index (χ3v) is 2.97. The van der Waals surface area contributed by atoms with Crippen molar-refractivity contribution in [3.63, 3.8) is 0 Å². The van der Waals surface area contributed by atoms with Crippen LogP contribution in [0.5, 0.6) is 0 Å². The number of imide groups is 1. The molecule has 1 aromatic rings. The second-order valence-corrected chi connectivity index (χ2v) is 6.42. The highest BCUT2D eigenvalue weighted by molar-refractivity contribution is 6.76. The van der Waals surface area contributed by atoms with E-state index >= 15 is 0 Å². The standard InChI is InChI=1S/C11H8Cl4FN3O4/c1-2-23-8(20)4-3-17-7(12)5(16)6(4)18-10(22)19-9(21)11(13,14)15/h3H,2H2,1H3,(H2,17,18,19,21,22). The predicted molar refractivity (Wildman–Crippen MR) is 82.6 cm³/mol. The lowest BCUT2D eigenvalue weighted by Crippen LogP contribution is -2.41. The minimum absolute atomic E-state index is 0.000461. The molecular weight excluding hydrogens is 399 g/mol. The van der Waals surface area contributed by atoms with Gasteiger partial charge in [0.05, 0.1) is 12.3 Å². The van der Waals surface area contributed by atoms with Crippen molar-refractivity contribution >= 4 is 70.0 Å². The third-order valence-electron chi connectivity index (χ3n) is 2.20. The molecule has 0 aliphatic heterocycles. The molecule has 0 aliphatic carbocycles. The molecule has 3 amide bonds. The number of halogens is 5. The van der Waals surface area contributed by atoms with Gasteiger partial charge in [-0.2, -0.15) is 0 Å². The summed E-state index contributed by atoms with van der Waals surface area (Å²) in [6.07, 6.45) is 0.899. The molecule has 0 fully saturated rings. The zero-order valence-corrected chi connectivity index (χ0v) is 14.3. The van der Waals surface area contributed by atoms with Gasteiger partial charge in [0.1, 0.15) is 5.56 Å². The van der Waals surface area contributed by atoms with Crippen molar-refractivity contribution in [1.82, 2.24) is 10.3 Å². The first-order chi connectivity index (χ1) is 10.6. The van der Waals surface area contributed by atoms with E-state index in [0.29, 0.717) is 0 Å². The molecule has 0 unspecified atom stereocenters. The van der Waals surface area contributed by atoms with Crippen LogP contribution in [0.1, 0.15) is 17.3 Å². The number of alkyl halides is 3. The lowest BCUT2D eigenvalue weighted by molar-refractivity contribution is -0.119. The van der Waals surface area contributed by atoms with Gasteiger partial charge in [0.25, 0.3) is 9.70 Å². The topological polar surface area (TPSA) is 97.4 Å². The Labute approximate surface area is 149 Å². The number of hydrogen-bond acceptors (Lipinski definition) is 5. The van der Waals surface area contributed by atoms with E-state index in [0.717, 1.165) is 6.20 Å². The molecule has 2 N–H and O–H groups in total. The summed E-state index contributed by atoms with van der Waals surface area (Å²) in [6.45, 7) is 1.53. The van der Waals surface area contributed by atoms with E-state index in [1.165, 1.54) is 6.92 Å². The van der Waals surface area contributed by atoms with E-state index in [1.54, 1.807) is 5.32 Å². The SMILES string of the molecule is CCOC(=O)c1cnc(Cl)c(F)c1NC(=O)NC(=O)C(Cl)(Cl)Cl. The van der Waals surface area contributed by atoms with Crippen LogP contribution < -0.4 is 10.6 Å². The van der Waals surface area contributed by atoms with Crippen LogP contribution in [-0.2, 0) is 9.53 Å². The number of rotatable bonds is 3. The molecule has 1 rings (SSSR count). The number of aromatic nitrogens is 1. The number of anilines is 1. The lowest BCUT2D eigenvalue weighted by Gasteiger charge is -2.14. The molecule has 0 bridgehead atoms. The van der Waals surface area contributed by atoms with E-state index in [2.05, 4.69) is 9.72 Å². The van der Waals surface area contributed by atoms with Crippen molar-refractivity contribution in [2.45, 2.75) is 10.7 Å². The van der Waals surface area contributed by atoms with Gasteiger partial charge in [-0.1, -0.05) is 46.4 Å². The lowest BCUT2D eigenvalue weighted by atomic mass is 10.2. The van der Waals surface area contributed by atoms with Crippen molar-refractivity contribution in [2.75, 3.05) is 11.9 Å². The molecule has 0 atom stereocenters. The molecule has 1 aromatic heterocycles. The quantitative estimate of drug-likeness (QED) is 0.456. The number of amides is 3. The monoisotopic (exact) mass is 405 g/mol. The fourth-order valence-electron chi connectivity index (χ4n) is 1.27. The molecule has 1 heterocycles. The van der Waals surface area contributed by atoms with Crippen LogP contribution in [0.15, 0.2) is 6.20 Å². The summed E-state index contributed by atoms with van der Waals surface area (Å²) < 4.78 is 16.3. The average Bonchev–Trinajstić information content (AvgIpc) is 2.43. The first kappa shape index (κ1) is 19.7. The van der Waals surface area contributed by atoms with Gasteiger partial charge in [-0.25, -0.2) is 19.0 Å². The molecule has 0 aliphatic rings. The van der Waals surface area contributed by atoms with Crippen LogP contribution in [0.2, 0.25) is 5.15 Å². The fraction of sp³-hybridized carbons (Fsp3) is 0.273. The molecule has 23 heavy (non-hydrogen) atoms. The summed E-state index contributed by atoms with van der Waals surface area (Å²) in [5.74, 6) is -3.44. The minimum atomic E-state index is -2.41. The van der Waals surface area contributed by atoms with Gasteiger partial charge in [0.15, 0.2) is 11.0 Å². The first-order valence-electron chi connectivity index (χ1n) is 5.78. The largest absolute Gasteiger partial charge is 0.462 e. The van der Waals surface area contributed by atoms with Crippen LogP contribution in [-0.4, -0.2) is 33.3 Å². The maximum atomic E-state index is 14.0. The van der Waals surface area contributed by atoms with E-state index < -0.39 is 43.9 Å². The van der Waals surface area contributed by atoms with E-state index in [-0.39, 0.29) is 6.61 Å². The number of carbonyl (C=O) groups is 3.